The molecule has 0 spiro atoms. The summed E-state index contributed by atoms with van der Waals surface area (Å²) in [5, 5.41) is 12.8. The zero-order valence-corrected chi connectivity index (χ0v) is 19.4. The van der Waals surface area contributed by atoms with Gasteiger partial charge < -0.3 is 5.32 Å². The molecule has 164 valence electrons. The number of aromatic nitrogens is 4. The van der Waals surface area contributed by atoms with Crippen LogP contribution < -0.4 is 5.32 Å². The number of hydrogen-bond donors (Lipinski definition) is 1. The molecule has 0 aliphatic heterocycles. The van der Waals surface area contributed by atoms with Crippen molar-refractivity contribution < 1.29 is 4.79 Å². The van der Waals surface area contributed by atoms with Crippen LogP contribution in [0.1, 0.15) is 44.3 Å². The number of carbonyl (C=O) groups is 1. The molecule has 0 saturated heterocycles. The molecule has 7 heteroatoms. The van der Waals surface area contributed by atoms with E-state index in [2.05, 4.69) is 21.6 Å². The van der Waals surface area contributed by atoms with Gasteiger partial charge in [0.2, 0.25) is 0 Å². The average molecular weight is 448 g/mol. The van der Waals surface area contributed by atoms with Crippen LogP contribution in [0.5, 0.6) is 0 Å². The van der Waals surface area contributed by atoms with Gasteiger partial charge in [-0.05, 0) is 63.1 Å². The molecule has 2 aromatic carbocycles. The topological polar surface area (TPSA) is 64.7 Å². The van der Waals surface area contributed by atoms with E-state index in [0.717, 1.165) is 39.6 Å². The van der Waals surface area contributed by atoms with Crippen LogP contribution in [0.15, 0.2) is 54.6 Å². The molecule has 1 amide bonds. The summed E-state index contributed by atoms with van der Waals surface area (Å²) >= 11 is 6.29. The predicted molar refractivity (Wildman–Crippen MR) is 127 cm³/mol. The Hall–Kier alpha value is -3.38. The molecule has 0 bridgehead atoms. The molecule has 0 radical (unpaired) electrons. The van der Waals surface area contributed by atoms with Crippen LogP contribution in [0.4, 0.5) is 5.69 Å². The van der Waals surface area contributed by atoms with Crippen LogP contribution in [0, 0.1) is 27.7 Å². The number of anilines is 1. The number of halogens is 1. The van der Waals surface area contributed by atoms with Crippen molar-refractivity contribution in [3.05, 3.63) is 99.1 Å². The first-order valence-corrected chi connectivity index (χ1v) is 10.9. The second kappa shape index (κ2) is 9.01. The third-order valence-electron chi connectivity index (χ3n) is 5.55. The van der Waals surface area contributed by atoms with Gasteiger partial charge >= 0.3 is 0 Å². The highest BCUT2D eigenvalue weighted by atomic mass is 35.5. The van der Waals surface area contributed by atoms with E-state index >= 15 is 0 Å². The highest BCUT2D eigenvalue weighted by molar-refractivity contribution is 6.31. The van der Waals surface area contributed by atoms with E-state index in [4.69, 9.17) is 11.6 Å². The Labute approximate surface area is 192 Å². The number of rotatable bonds is 6. The molecule has 0 unspecified atom stereocenters. The number of hydrogen-bond acceptors (Lipinski definition) is 3. The van der Waals surface area contributed by atoms with Crippen molar-refractivity contribution in [2.45, 2.75) is 40.8 Å². The molecule has 2 heterocycles. The quantitative estimate of drug-likeness (QED) is 0.435. The molecule has 32 heavy (non-hydrogen) atoms. The molecular weight excluding hydrogens is 422 g/mol. The van der Waals surface area contributed by atoms with E-state index in [0.29, 0.717) is 23.7 Å². The molecule has 0 aliphatic carbocycles. The lowest BCUT2D eigenvalue weighted by Crippen LogP contribution is -2.13. The van der Waals surface area contributed by atoms with Gasteiger partial charge in [0.1, 0.15) is 0 Å². The Morgan fingerprint density at radius 1 is 0.938 bits per heavy atom. The second-order valence-electron chi connectivity index (χ2n) is 8.03. The monoisotopic (exact) mass is 447 g/mol. The number of carbonyl (C=O) groups excluding carboxylic acids is 1. The van der Waals surface area contributed by atoms with Gasteiger partial charge in [-0.15, -0.1) is 0 Å². The van der Waals surface area contributed by atoms with Gasteiger partial charge in [-0.25, -0.2) is 0 Å². The van der Waals surface area contributed by atoms with Crippen molar-refractivity contribution >= 4 is 23.2 Å². The highest BCUT2D eigenvalue weighted by Gasteiger charge is 2.16. The van der Waals surface area contributed by atoms with E-state index < -0.39 is 0 Å². The molecule has 0 fully saturated rings. The third kappa shape index (κ3) is 4.60. The summed E-state index contributed by atoms with van der Waals surface area (Å²) in [6.07, 6.45) is 0. The van der Waals surface area contributed by atoms with Crippen molar-refractivity contribution in [1.82, 2.24) is 19.6 Å². The minimum atomic E-state index is -0.161. The number of amides is 1. The van der Waals surface area contributed by atoms with Crippen LogP contribution in [0.25, 0.3) is 0 Å². The van der Waals surface area contributed by atoms with E-state index in [9.17, 15) is 4.79 Å². The first kappa shape index (κ1) is 21.8. The highest BCUT2D eigenvalue weighted by Crippen LogP contribution is 2.23. The molecular formula is C25H26ClN5O. The van der Waals surface area contributed by atoms with Crippen LogP contribution in [0.3, 0.4) is 0 Å². The SMILES string of the molecule is Cc1cc(C)n(Cc2ccc(C(=O)Nc3c(C)nn(Cc4ccccc4Cl)c3C)cc2)n1. The van der Waals surface area contributed by atoms with Crippen molar-refractivity contribution in [3.8, 4) is 0 Å². The molecule has 1 N–H and O–H groups in total. The number of nitrogens with zero attached hydrogens (tertiary/aromatic N) is 4. The first-order valence-electron chi connectivity index (χ1n) is 10.5. The van der Waals surface area contributed by atoms with E-state index in [1.54, 1.807) is 0 Å². The van der Waals surface area contributed by atoms with Gasteiger partial charge in [-0.3, -0.25) is 14.2 Å². The molecule has 6 nitrogen and oxygen atoms in total. The third-order valence-corrected chi connectivity index (χ3v) is 5.92. The Balaban J connectivity index is 1.47. The number of nitrogens with one attached hydrogen (secondary N) is 1. The first-order chi connectivity index (χ1) is 15.3. The predicted octanol–water partition coefficient (Wildman–Crippen LogP) is 5.32. The fraction of sp³-hybridized carbons (Fsp3) is 0.240. The molecule has 4 rings (SSSR count). The molecule has 0 aliphatic rings. The summed E-state index contributed by atoms with van der Waals surface area (Å²) in [5.41, 5.74) is 7.17. The minimum absolute atomic E-state index is 0.161. The lowest BCUT2D eigenvalue weighted by Gasteiger charge is -2.09. The standard InChI is InChI=1S/C25H26ClN5O/c1-16-13-17(2)30(28-16)14-20-9-11-21(12-10-20)25(32)27-24-18(3)29-31(19(24)4)15-22-7-5-6-8-23(22)26/h5-13H,14-15H2,1-4H3,(H,27,32). The van der Waals surface area contributed by atoms with Crippen molar-refractivity contribution in [3.63, 3.8) is 0 Å². The van der Waals surface area contributed by atoms with Gasteiger partial charge in [0, 0.05) is 16.3 Å². The fourth-order valence-corrected chi connectivity index (χ4v) is 3.97. The lowest BCUT2D eigenvalue weighted by atomic mass is 10.1. The Bertz CT molecular complexity index is 1270. The molecule has 0 saturated carbocycles. The van der Waals surface area contributed by atoms with Gasteiger partial charge in [0.15, 0.2) is 0 Å². The van der Waals surface area contributed by atoms with Gasteiger partial charge in [0.25, 0.3) is 5.91 Å². The number of benzene rings is 2. The maximum atomic E-state index is 12.9. The van der Waals surface area contributed by atoms with Gasteiger partial charge in [-0.2, -0.15) is 10.2 Å². The minimum Gasteiger partial charge on any atom is -0.319 e. The lowest BCUT2D eigenvalue weighted by molar-refractivity contribution is 0.102. The number of aryl methyl sites for hydroxylation is 3. The van der Waals surface area contributed by atoms with Crippen LogP contribution in [0.2, 0.25) is 5.02 Å². The average Bonchev–Trinajstić information content (AvgIpc) is 3.22. The summed E-state index contributed by atoms with van der Waals surface area (Å²) in [4.78, 5) is 12.9. The molecule has 2 aromatic heterocycles. The normalized spacial score (nSPS) is 11.0. The van der Waals surface area contributed by atoms with Crippen molar-refractivity contribution in [2.75, 3.05) is 5.32 Å². The van der Waals surface area contributed by atoms with Crippen LogP contribution in [-0.4, -0.2) is 25.5 Å². The fourth-order valence-electron chi connectivity index (χ4n) is 3.77. The van der Waals surface area contributed by atoms with Crippen LogP contribution in [-0.2, 0) is 13.1 Å². The zero-order valence-electron chi connectivity index (χ0n) is 18.7. The van der Waals surface area contributed by atoms with Gasteiger partial charge in [-0.1, -0.05) is 41.9 Å². The second-order valence-corrected chi connectivity index (χ2v) is 8.44. The summed E-state index contributed by atoms with van der Waals surface area (Å²) in [6.45, 7) is 9.08. The maximum Gasteiger partial charge on any atom is 0.255 e. The largest absolute Gasteiger partial charge is 0.319 e. The molecule has 0 atom stereocenters. The maximum absolute atomic E-state index is 12.9. The Morgan fingerprint density at radius 3 is 2.31 bits per heavy atom. The Morgan fingerprint density at radius 2 is 1.66 bits per heavy atom. The summed E-state index contributed by atoms with van der Waals surface area (Å²) in [6, 6.07) is 17.4. The van der Waals surface area contributed by atoms with Gasteiger partial charge in [0.05, 0.1) is 35.9 Å². The van der Waals surface area contributed by atoms with E-state index in [1.165, 1.54) is 0 Å². The summed E-state index contributed by atoms with van der Waals surface area (Å²) < 4.78 is 3.83. The summed E-state index contributed by atoms with van der Waals surface area (Å²) in [7, 11) is 0. The smallest absolute Gasteiger partial charge is 0.255 e. The Kier molecular flexibility index (Phi) is 6.15. The summed E-state index contributed by atoms with van der Waals surface area (Å²) in [5.74, 6) is -0.161. The van der Waals surface area contributed by atoms with Crippen molar-refractivity contribution in [2.24, 2.45) is 0 Å². The van der Waals surface area contributed by atoms with Crippen LogP contribution >= 0.6 is 11.6 Å². The van der Waals surface area contributed by atoms with Crippen molar-refractivity contribution in [1.29, 1.82) is 0 Å². The van der Waals surface area contributed by atoms with E-state index in [-0.39, 0.29) is 5.91 Å². The zero-order chi connectivity index (χ0) is 22.8. The molecule has 4 aromatic rings. The van der Waals surface area contributed by atoms with E-state index in [1.807, 2.05) is 85.6 Å².